The van der Waals surface area contributed by atoms with E-state index in [1.54, 1.807) is 0 Å². The largest absolute Gasteiger partial charge is 0.395 e. The summed E-state index contributed by atoms with van der Waals surface area (Å²) in [5.41, 5.74) is -1.08. The number of hydrogen-bond donors (Lipinski definition) is 1. The van der Waals surface area contributed by atoms with Crippen molar-refractivity contribution in [1.82, 2.24) is 14.8 Å². The quantitative estimate of drug-likeness (QED) is 0.660. The molecule has 0 aliphatic heterocycles. The van der Waals surface area contributed by atoms with Crippen LogP contribution in [0.3, 0.4) is 0 Å². The number of aromatic nitrogens is 3. The first-order chi connectivity index (χ1) is 6.49. The van der Waals surface area contributed by atoms with E-state index in [4.69, 9.17) is 5.11 Å². The van der Waals surface area contributed by atoms with Gasteiger partial charge >= 0.3 is 5.91 Å². The highest BCUT2D eigenvalue weighted by molar-refractivity contribution is 6.38. The van der Waals surface area contributed by atoms with Crippen molar-refractivity contribution in [2.24, 2.45) is 5.41 Å². The molecule has 0 fully saturated rings. The van der Waals surface area contributed by atoms with E-state index in [0.717, 1.165) is 17.3 Å². The van der Waals surface area contributed by atoms with Crippen molar-refractivity contribution in [2.75, 3.05) is 6.61 Å². The molecule has 0 aliphatic carbocycles. The van der Waals surface area contributed by atoms with Crippen LogP contribution in [0.2, 0.25) is 0 Å². The van der Waals surface area contributed by atoms with Gasteiger partial charge in [-0.2, -0.15) is 9.78 Å². The Hall–Kier alpha value is -1.56. The van der Waals surface area contributed by atoms with Gasteiger partial charge < -0.3 is 5.11 Å². The van der Waals surface area contributed by atoms with Crippen LogP contribution >= 0.6 is 0 Å². The molecule has 76 valence electrons. The third kappa shape index (κ3) is 1.85. The molecule has 6 heteroatoms. The number of aliphatic hydroxyl groups is 1. The van der Waals surface area contributed by atoms with E-state index in [1.165, 1.54) is 13.8 Å². The van der Waals surface area contributed by atoms with E-state index < -0.39 is 17.1 Å². The van der Waals surface area contributed by atoms with Gasteiger partial charge in [0.15, 0.2) is 0 Å². The average Bonchev–Trinajstić information content (AvgIpc) is 2.68. The molecule has 0 bridgehead atoms. The molecule has 1 N–H and O–H groups in total. The molecule has 14 heavy (non-hydrogen) atoms. The molecule has 0 saturated heterocycles. The van der Waals surface area contributed by atoms with Crippen LogP contribution in [0.1, 0.15) is 18.6 Å². The van der Waals surface area contributed by atoms with Crippen LogP contribution in [0.25, 0.3) is 0 Å². The standard InChI is InChI=1S/C8H11N3O3/c1-8(2,3-12)6(13)7(14)11-5-9-4-10-11/h4-5,12H,3H2,1-2H3. The number of aliphatic hydroxyl groups excluding tert-OH is 1. The first-order valence-electron chi connectivity index (χ1n) is 4.03. The van der Waals surface area contributed by atoms with Crippen LogP contribution in [0.15, 0.2) is 12.7 Å². The maximum absolute atomic E-state index is 11.5. The Morgan fingerprint density at radius 1 is 1.50 bits per heavy atom. The molecule has 1 aromatic heterocycles. The third-order valence-electron chi connectivity index (χ3n) is 1.83. The molecule has 0 radical (unpaired) electrons. The highest BCUT2D eigenvalue weighted by Gasteiger charge is 2.33. The average molecular weight is 197 g/mol. The van der Waals surface area contributed by atoms with Crippen molar-refractivity contribution in [3.05, 3.63) is 12.7 Å². The van der Waals surface area contributed by atoms with Gasteiger partial charge in [-0.1, -0.05) is 13.8 Å². The summed E-state index contributed by atoms with van der Waals surface area (Å²) >= 11 is 0. The third-order valence-corrected chi connectivity index (χ3v) is 1.83. The first-order valence-corrected chi connectivity index (χ1v) is 4.03. The summed E-state index contributed by atoms with van der Waals surface area (Å²) in [5, 5.41) is 12.4. The fourth-order valence-electron chi connectivity index (χ4n) is 0.778. The number of Topliss-reactive ketones (excluding diaryl/α,β-unsaturated/α-hetero) is 1. The zero-order valence-corrected chi connectivity index (χ0v) is 7.97. The molecule has 0 atom stereocenters. The van der Waals surface area contributed by atoms with Gasteiger partial charge in [0.2, 0.25) is 5.78 Å². The number of ketones is 1. The highest BCUT2D eigenvalue weighted by Crippen LogP contribution is 2.15. The maximum Gasteiger partial charge on any atom is 0.316 e. The zero-order chi connectivity index (χ0) is 10.8. The minimum Gasteiger partial charge on any atom is -0.395 e. The summed E-state index contributed by atoms with van der Waals surface area (Å²) in [6.45, 7) is 2.60. The van der Waals surface area contributed by atoms with Gasteiger partial charge in [0, 0.05) is 0 Å². The molecule has 0 spiro atoms. The smallest absolute Gasteiger partial charge is 0.316 e. The molecule has 0 saturated carbocycles. The van der Waals surface area contributed by atoms with Crippen molar-refractivity contribution < 1.29 is 14.7 Å². The SMILES string of the molecule is CC(C)(CO)C(=O)C(=O)n1cncn1. The number of rotatable bonds is 3. The van der Waals surface area contributed by atoms with Gasteiger partial charge in [-0.05, 0) is 0 Å². The molecule has 1 rings (SSSR count). The van der Waals surface area contributed by atoms with E-state index in [0.29, 0.717) is 0 Å². The van der Waals surface area contributed by atoms with Gasteiger partial charge in [0.25, 0.3) is 0 Å². The van der Waals surface area contributed by atoms with Crippen LogP contribution < -0.4 is 0 Å². The number of hydrogen-bond acceptors (Lipinski definition) is 5. The second kappa shape index (κ2) is 3.67. The van der Waals surface area contributed by atoms with E-state index >= 15 is 0 Å². The summed E-state index contributed by atoms with van der Waals surface area (Å²) in [6, 6.07) is 0. The van der Waals surface area contributed by atoms with Gasteiger partial charge in [0.05, 0.1) is 12.0 Å². The fraction of sp³-hybridized carbons (Fsp3) is 0.500. The number of nitrogens with zero attached hydrogens (tertiary/aromatic N) is 3. The summed E-state index contributed by atoms with van der Waals surface area (Å²) < 4.78 is 0.847. The maximum atomic E-state index is 11.5. The molecule has 1 heterocycles. The Kier molecular flexibility index (Phi) is 2.76. The fourth-order valence-corrected chi connectivity index (χ4v) is 0.778. The topological polar surface area (TPSA) is 85.1 Å². The molecule has 0 amide bonds. The van der Waals surface area contributed by atoms with Gasteiger partial charge in [-0.3, -0.25) is 9.59 Å². The van der Waals surface area contributed by atoms with E-state index in [9.17, 15) is 9.59 Å². The predicted octanol–water partition coefficient (Wildman–Crippen LogP) is -0.494. The minimum absolute atomic E-state index is 0.383. The molecular formula is C8H11N3O3. The summed E-state index contributed by atoms with van der Waals surface area (Å²) in [7, 11) is 0. The van der Waals surface area contributed by atoms with Crippen molar-refractivity contribution >= 4 is 11.7 Å². The van der Waals surface area contributed by atoms with Crippen LogP contribution in [-0.2, 0) is 4.79 Å². The molecular weight excluding hydrogens is 186 g/mol. The Morgan fingerprint density at radius 3 is 2.57 bits per heavy atom. The van der Waals surface area contributed by atoms with Crippen molar-refractivity contribution in [1.29, 1.82) is 0 Å². The zero-order valence-electron chi connectivity index (χ0n) is 7.97. The van der Waals surface area contributed by atoms with Crippen molar-refractivity contribution in [3.8, 4) is 0 Å². The second-order valence-corrected chi connectivity index (χ2v) is 3.52. The van der Waals surface area contributed by atoms with E-state index in [1.807, 2.05) is 0 Å². The second-order valence-electron chi connectivity index (χ2n) is 3.52. The van der Waals surface area contributed by atoms with Crippen molar-refractivity contribution in [2.45, 2.75) is 13.8 Å². The lowest BCUT2D eigenvalue weighted by molar-refractivity contribution is -0.125. The van der Waals surface area contributed by atoms with Crippen molar-refractivity contribution in [3.63, 3.8) is 0 Å². The lowest BCUT2D eigenvalue weighted by Gasteiger charge is -2.17. The monoisotopic (exact) mass is 197 g/mol. The Bertz CT molecular complexity index is 343. The normalized spacial score (nSPS) is 11.4. The van der Waals surface area contributed by atoms with Crippen LogP contribution in [0.4, 0.5) is 0 Å². The first kappa shape index (κ1) is 10.5. The van der Waals surface area contributed by atoms with Crippen LogP contribution in [0.5, 0.6) is 0 Å². The molecule has 0 aliphatic rings. The lowest BCUT2D eigenvalue weighted by atomic mass is 9.89. The van der Waals surface area contributed by atoms with Gasteiger partial charge in [-0.25, -0.2) is 4.98 Å². The minimum atomic E-state index is -1.08. The van der Waals surface area contributed by atoms with Crippen LogP contribution in [0, 0.1) is 5.41 Å². The Balaban J connectivity index is 2.87. The molecule has 1 aromatic rings. The number of carbonyl (C=O) groups is 2. The Morgan fingerprint density at radius 2 is 2.14 bits per heavy atom. The molecule has 0 aromatic carbocycles. The predicted molar refractivity (Wildman–Crippen MR) is 46.5 cm³/mol. The van der Waals surface area contributed by atoms with Gasteiger partial charge in [-0.15, -0.1) is 0 Å². The Labute approximate surface area is 80.6 Å². The van der Waals surface area contributed by atoms with E-state index in [2.05, 4.69) is 10.1 Å². The summed E-state index contributed by atoms with van der Waals surface area (Å²) in [5.74, 6) is -1.48. The molecule has 6 nitrogen and oxygen atoms in total. The summed E-state index contributed by atoms with van der Waals surface area (Å²) in [4.78, 5) is 26.5. The summed E-state index contributed by atoms with van der Waals surface area (Å²) in [6.07, 6.45) is 2.31. The van der Waals surface area contributed by atoms with E-state index in [-0.39, 0.29) is 6.61 Å². The number of carbonyl (C=O) groups excluding carboxylic acids is 2. The lowest BCUT2D eigenvalue weighted by Crippen LogP contribution is -2.37. The van der Waals surface area contributed by atoms with Gasteiger partial charge in [0.1, 0.15) is 12.7 Å². The molecule has 0 unspecified atom stereocenters. The highest BCUT2D eigenvalue weighted by atomic mass is 16.3. The van der Waals surface area contributed by atoms with Crippen LogP contribution in [-0.4, -0.2) is 38.2 Å².